The lowest BCUT2D eigenvalue weighted by molar-refractivity contribution is -0.114. The van der Waals surface area contributed by atoms with E-state index in [1.54, 1.807) is 39.8 Å². The molecule has 0 radical (unpaired) electrons. The fraction of sp³-hybridized carbons (Fsp3) is 0.594. The quantitative estimate of drug-likeness (QED) is 0.474. The van der Waals surface area contributed by atoms with E-state index in [1.165, 1.54) is 16.7 Å². The van der Waals surface area contributed by atoms with Gasteiger partial charge >= 0.3 is 0 Å². The first-order valence-corrected chi connectivity index (χ1v) is 15.2. The first-order chi connectivity index (χ1) is 17.2. The minimum atomic E-state index is -3.45. The van der Waals surface area contributed by atoms with Crippen LogP contribution >= 0.6 is 0 Å². The molecule has 2 saturated carbocycles. The molecule has 1 aromatic rings. The molecule has 0 bridgehead atoms. The predicted molar refractivity (Wildman–Crippen MR) is 147 cm³/mol. The van der Waals surface area contributed by atoms with Crippen LogP contribution in [0.15, 0.2) is 52.0 Å². The Labute approximate surface area is 222 Å². The van der Waals surface area contributed by atoms with Gasteiger partial charge in [-0.3, -0.25) is 4.79 Å². The second-order valence-electron chi connectivity index (χ2n) is 13.0. The van der Waals surface area contributed by atoms with E-state index in [9.17, 15) is 18.3 Å². The molecule has 2 fully saturated rings. The number of carbonyl (C=O) groups is 1. The molecule has 5 rings (SSSR count). The van der Waals surface area contributed by atoms with Gasteiger partial charge in [0, 0.05) is 17.8 Å². The maximum absolute atomic E-state index is 13.1. The highest BCUT2D eigenvalue weighted by atomic mass is 32.2. The fourth-order valence-corrected chi connectivity index (χ4v) is 9.19. The van der Waals surface area contributed by atoms with Crippen LogP contribution in [0.3, 0.4) is 0 Å². The number of rotatable bonds is 2. The van der Waals surface area contributed by atoms with Gasteiger partial charge in [-0.15, -0.1) is 5.92 Å². The summed E-state index contributed by atoms with van der Waals surface area (Å²) in [5.41, 5.74) is 3.62. The Morgan fingerprint density at radius 1 is 1.08 bits per heavy atom. The van der Waals surface area contributed by atoms with Crippen molar-refractivity contribution in [2.24, 2.45) is 23.2 Å². The van der Waals surface area contributed by atoms with Gasteiger partial charge < -0.3 is 5.11 Å². The van der Waals surface area contributed by atoms with Crippen molar-refractivity contribution < 1.29 is 18.3 Å². The molecule has 0 saturated heterocycles. The number of sulfone groups is 1. The molecule has 198 valence electrons. The number of benzene rings is 1. The minimum absolute atomic E-state index is 0.0556. The number of hydrogen-bond acceptors (Lipinski definition) is 4. The molecule has 0 spiro atoms. The summed E-state index contributed by atoms with van der Waals surface area (Å²) >= 11 is 0. The molecule has 1 aromatic carbocycles. The average molecular weight is 521 g/mol. The molecule has 1 N–H and O–H groups in total. The Kier molecular flexibility index (Phi) is 6.20. The van der Waals surface area contributed by atoms with E-state index in [4.69, 9.17) is 0 Å². The van der Waals surface area contributed by atoms with Crippen molar-refractivity contribution >= 4 is 15.6 Å². The summed E-state index contributed by atoms with van der Waals surface area (Å²) in [6.07, 6.45) is 6.78. The van der Waals surface area contributed by atoms with Crippen LogP contribution in [0.25, 0.3) is 0 Å². The van der Waals surface area contributed by atoms with Crippen molar-refractivity contribution in [1.29, 1.82) is 0 Å². The van der Waals surface area contributed by atoms with Crippen molar-refractivity contribution in [3.05, 3.63) is 52.6 Å². The molecule has 6 atom stereocenters. The lowest BCUT2D eigenvalue weighted by Gasteiger charge is -2.54. The van der Waals surface area contributed by atoms with Gasteiger partial charge in [-0.05, 0) is 112 Å². The summed E-state index contributed by atoms with van der Waals surface area (Å²) in [6.45, 7) is 11.4. The van der Waals surface area contributed by atoms with E-state index < -0.39 is 20.2 Å². The molecule has 0 amide bonds. The highest BCUT2D eigenvalue weighted by Crippen LogP contribution is 2.68. The maximum atomic E-state index is 13.1. The van der Waals surface area contributed by atoms with Crippen LogP contribution in [-0.2, 0) is 14.6 Å². The Balaban J connectivity index is 1.67. The van der Waals surface area contributed by atoms with Crippen molar-refractivity contribution in [3.63, 3.8) is 0 Å². The van der Waals surface area contributed by atoms with Gasteiger partial charge in [0.05, 0.1) is 9.64 Å². The van der Waals surface area contributed by atoms with Crippen molar-refractivity contribution in [2.75, 3.05) is 0 Å². The Morgan fingerprint density at radius 3 is 2.38 bits per heavy atom. The molecule has 0 aromatic heterocycles. The second-order valence-corrected chi connectivity index (χ2v) is 15.7. The van der Waals surface area contributed by atoms with Crippen LogP contribution in [0.5, 0.6) is 0 Å². The minimum Gasteiger partial charge on any atom is -0.377 e. The number of carbonyl (C=O) groups excluding carboxylic acids is 1. The molecule has 0 heterocycles. The molecular weight excluding hydrogens is 480 g/mol. The van der Waals surface area contributed by atoms with E-state index >= 15 is 0 Å². The summed E-state index contributed by atoms with van der Waals surface area (Å²) in [5.74, 6) is 7.27. The lowest BCUT2D eigenvalue weighted by Crippen LogP contribution is -2.52. The van der Waals surface area contributed by atoms with Gasteiger partial charge in [0.15, 0.2) is 15.6 Å². The first-order valence-electron chi connectivity index (χ1n) is 13.7. The lowest BCUT2D eigenvalue weighted by atomic mass is 9.51. The van der Waals surface area contributed by atoms with Crippen LogP contribution in [0, 0.1) is 35.0 Å². The Bertz CT molecular complexity index is 1360. The number of hydrogen-bond donors (Lipinski definition) is 1. The summed E-state index contributed by atoms with van der Waals surface area (Å²) in [6, 6.07) is 7.47. The third kappa shape index (κ3) is 3.81. The Morgan fingerprint density at radius 2 is 1.76 bits per heavy atom. The molecule has 0 unspecified atom stereocenters. The maximum Gasteiger partial charge on any atom is 0.183 e. The second kappa shape index (κ2) is 8.68. The molecule has 37 heavy (non-hydrogen) atoms. The van der Waals surface area contributed by atoms with Gasteiger partial charge in [-0.1, -0.05) is 37.5 Å². The van der Waals surface area contributed by atoms with Crippen LogP contribution in [0.1, 0.15) is 91.5 Å². The summed E-state index contributed by atoms with van der Waals surface area (Å²) in [4.78, 5) is 12.6. The van der Waals surface area contributed by atoms with Crippen molar-refractivity contribution in [2.45, 2.75) is 101 Å². The number of aliphatic hydroxyl groups is 1. The smallest absolute Gasteiger partial charge is 0.183 e. The largest absolute Gasteiger partial charge is 0.377 e. The fourth-order valence-electron chi connectivity index (χ4n) is 7.99. The first kappa shape index (κ1) is 26.4. The van der Waals surface area contributed by atoms with E-state index in [-0.39, 0.29) is 23.0 Å². The standard InChI is InChI=1S/C32H40O4S/c1-7-16-32(34)20(2)17-28-26-14-10-22-18-23(33)11-15-25(22)29(26)27(19-31(28,32)6)21-8-12-24(13-9-21)37(35,36)30(3,4)5/h8-9,12-13,18,20,26-28,34H,10-11,14-15,17,19H2,1-6H3/t20-,26+,27-,28+,31+,32+/m1/s1. The average Bonchev–Trinajstić information content (AvgIpc) is 3.03. The highest BCUT2D eigenvalue weighted by molar-refractivity contribution is 7.92. The molecule has 4 aliphatic rings. The van der Waals surface area contributed by atoms with Crippen LogP contribution in [0.2, 0.25) is 0 Å². The van der Waals surface area contributed by atoms with Gasteiger partial charge in [0.1, 0.15) is 5.60 Å². The SMILES string of the molecule is CC#C[C@]1(O)[C@H](C)C[C@H]2[C@@H]3CCC4=CC(=O)CCC4=C3[C@@H](c3ccc(S(=O)(=O)C(C)(C)C)cc3)C[C@@]21C. The molecule has 4 nitrogen and oxygen atoms in total. The zero-order valence-electron chi connectivity index (χ0n) is 23.0. The van der Waals surface area contributed by atoms with Crippen LogP contribution < -0.4 is 0 Å². The number of fused-ring (bicyclic) bond motifs is 4. The van der Waals surface area contributed by atoms with Crippen LogP contribution in [-0.4, -0.2) is 29.7 Å². The molecule has 0 aliphatic heterocycles. The van der Waals surface area contributed by atoms with E-state index in [2.05, 4.69) is 25.7 Å². The summed E-state index contributed by atoms with van der Waals surface area (Å²) in [5, 5.41) is 12.1. The van der Waals surface area contributed by atoms with E-state index in [1.807, 2.05) is 18.2 Å². The Hall–Kier alpha value is -2.16. The number of allylic oxidation sites excluding steroid dienone is 4. The van der Waals surface area contributed by atoms with Crippen LogP contribution in [0.4, 0.5) is 0 Å². The monoisotopic (exact) mass is 520 g/mol. The van der Waals surface area contributed by atoms with Gasteiger partial charge in [0.25, 0.3) is 0 Å². The molecular formula is C32H40O4S. The molecule has 4 aliphatic carbocycles. The van der Waals surface area contributed by atoms with Crippen molar-refractivity contribution in [3.8, 4) is 11.8 Å². The zero-order chi connectivity index (χ0) is 27.0. The highest BCUT2D eigenvalue weighted by Gasteiger charge is 2.65. The van der Waals surface area contributed by atoms with Gasteiger partial charge in [0.2, 0.25) is 0 Å². The van der Waals surface area contributed by atoms with Gasteiger partial charge in [-0.2, -0.15) is 0 Å². The van der Waals surface area contributed by atoms with E-state index in [0.717, 1.165) is 37.7 Å². The summed E-state index contributed by atoms with van der Waals surface area (Å²) in [7, 11) is -3.45. The van der Waals surface area contributed by atoms with Crippen molar-refractivity contribution in [1.82, 2.24) is 0 Å². The summed E-state index contributed by atoms with van der Waals surface area (Å²) < 4.78 is 25.3. The number of ketones is 1. The molecule has 5 heteroatoms. The zero-order valence-corrected chi connectivity index (χ0v) is 23.8. The predicted octanol–water partition coefficient (Wildman–Crippen LogP) is 6.16. The third-order valence-electron chi connectivity index (χ3n) is 10.0. The normalized spacial score (nSPS) is 35.6. The topological polar surface area (TPSA) is 71.4 Å². The third-order valence-corrected chi connectivity index (χ3v) is 12.5. The van der Waals surface area contributed by atoms with Gasteiger partial charge in [-0.25, -0.2) is 8.42 Å². The van der Waals surface area contributed by atoms with E-state index in [0.29, 0.717) is 23.2 Å².